The lowest BCUT2D eigenvalue weighted by atomic mass is 10.0. The Labute approximate surface area is 151 Å². The van der Waals surface area contributed by atoms with Crippen molar-refractivity contribution < 1.29 is 4.74 Å². The molecule has 5 nitrogen and oxygen atoms in total. The van der Waals surface area contributed by atoms with Gasteiger partial charge in [0, 0.05) is 29.3 Å². The van der Waals surface area contributed by atoms with Crippen molar-refractivity contribution in [3.05, 3.63) is 41.4 Å². The molecule has 0 saturated carbocycles. The summed E-state index contributed by atoms with van der Waals surface area (Å²) in [6.07, 6.45) is 9.47. The van der Waals surface area contributed by atoms with Crippen molar-refractivity contribution in [1.82, 2.24) is 10.3 Å². The summed E-state index contributed by atoms with van der Waals surface area (Å²) in [4.78, 5) is 5.34. The van der Waals surface area contributed by atoms with Crippen LogP contribution in [0.15, 0.2) is 31.0 Å². The zero-order chi connectivity index (χ0) is 17.6. The predicted molar refractivity (Wildman–Crippen MR) is 106 cm³/mol. The van der Waals surface area contributed by atoms with E-state index >= 15 is 0 Å². The minimum absolute atomic E-state index is 0.447. The quantitative estimate of drug-likeness (QED) is 0.760. The highest BCUT2D eigenvalue weighted by Gasteiger charge is 2.14. The van der Waals surface area contributed by atoms with Crippen LogP contribution in [0, 0.1) is 0 Å². The summed E-state index contributed by atoms with van der Waals surface area (Å²) in [5.41, 5.74) is 8.08. The Morgan fingerprint density at radius 3 is 2.84 bits per heavy atom. The lowest BCUT2D eigenvalue weighted by Gasteiger charge is -2.25. The van der Waals surface area contributed by atoms with Gasteiger partial charge in [-0.2, -0.15) is 0 Å². The van der Waals surface area contributed by atoms with E-state index in [1.807, 2.05) is 12.3 Å². The van der Waals surface area contributed by atoms with Crippen LogP contribution in [0.1, 0.15) is 12.8 Å². The Bertz CT molecular complexity index is 853. The number of piperidine rings is 1. The van der Waals surface area contributed by atoms with Crippen LogP contribution in [-0.2, 0) is 0 Å². The Kier molecular flexibility index (Phi) is 5.73. The molecule has 0 radical (unpaired) electrons. The van der Waals surface area contributed by atoms with Gasteiger partial charge in [-0.15, -0.1) is 0 Å². The molecule has 132 valence electrons. The van der Waals surface area contributed by atoms with E-state index in [0.29, 0.717) is 11.2 Å². The molecule has 0 aliphatic carbocycles. The highest BCUT2D eigenvalue weighted by atomic mass is 32.1. The highest BCUT2D eigenvalue weighted by molar-refractivity contribution is 7.16. The lowest BCUT2D eigenvalue weighted by Crippen LogP contribution is -2.38. The van der Waals surface area contributed by atoms with Gasteiger partial charge in [0.05, 0.1) is 12.0 Å². The van der Waals surface area contributed by atoms with Crippen molar-refractivity contribution in [2.45, 2.75) is 18.9 Å². The molecule has 1 aromatic carbocycles. The molecule has 25 heavy (non-hydrogen) atoms. The zero-order valence-corrected chi connectivity index (χ0v) is 15.2. The van der Waals surface area contributed by atoms with Crippen molar-refractivity contribution in [1.29, 1.82) is 0 Å². The van der Waals surface area contributed by atoms with Crippen LogP contribution < -0.4 is 31.5 Å². The third-order valence-electron chi connectivity index (χ3n) is 4.32. The molecule has 1 aliphatic heterocycles. The number of ether oxygens (including phenoxy) is 1. The number of thiazole rings is 1. The number of nitrogens with two attached hydrogens (primary N) is 1. The molecule has 2 heterocycles. The third-order valence-corrected chi connectivity index (χ3v) is 5.33. The first kappa shape index (κ1) is 17.5. The second-order valence-corrected chi connectivity index (χ2v) is 6.95. The van der Waals surface area contributed by atoms with Gasteiger partial charge in [-0.3, -0.25) is 0 Å². The first-order valence-corrected chi connectivity index (χ1v) is 9.23. The smallest absolute Gasteiger partial charge is 0.273 e. The van der Waals surface area contributed by atoms with Crippen LogP contribution in [0.4, 0.5) is 5.69 Å². The number of anilines is 1. The molecule has 0 spiro atoms. The van der Waals surface area contributed by atoms with Crippen molar-refractivity contribution in [3.8, 4) is 15.6 Å². The fraction of sp³-hybridized carbons (Fsp3) is 0.316. The van der Waals surface area contributed by atoms with Gasteiger partial charge in [0.2, 0.25) is 0 Å². The summed E-state index contributed by atoms with van der Waals surface area (Å²) in [6, 6.07) is 4.71. The van der Waals surface area contributed by atoms with Crippen LogP contribution in [0.3, 0.4) is 0 Å². The van der Waals surface area contributed by atoms with E-state index in [4.69, 9.17) is 10.5 Å². The normalized spacial score (nSPS) is 16.8. The molecule has 1 fully saturated rings. The number of hydrogen-bond acceptors (Lipinski definition) is 6. The molecule has 6 heteroatoms. The fourth-order valence-corrected chi connectivity index (χ4v) is 3.78. The standard InChI is InChI=1S/C19H24N4OS/c1-3-4-13-9-14(18-12-22-19(24-2)25-18)10-17(16(13)11-20)23-15-5-7-21-8-6-15/h3-4,9-12,15,21,23H,1,5-8,20H2,2H3/b13-4-,16-11+. The van der Waals surface area contributed by atoms with E-state index in [-0.39, 0.29) is 0 Å². The van der Waals surface area contributed by atoms with Crippen LogP contribution in [0.5, 0.6) is 5.19 Å². The first-order chi connectivity index (χ1) is 12.2. The van der Waals surface area contributed by atoms with E-state index in [9.17, 15) is 0 Å². The number of nitrogens with zero attached hydrogens (tertiary/aromatic N) is 1. The van der Waals surface area contributed by atoms with Crippen LogP contribution in [0.25, 0.3) is 22.7 Å². The maximum atomic E-state index is 5.94. The Morgan fingerprint density at radius 2 is 2.20 bits per heavy atom. The van der Waals surface area contributed by atoms with Gasteiger partial charge in [0.15, 0.2) is 0 Å². The topological polar surface area (TPSA) is 72.2 Å². The minimum atomic E-state index is 0.447. The summed E-state index contributed by atoms with van der Waals surface area (Å²) in [5, 5.41) is 9.77. The molecule has 1 aliphatic rings. The number of allylic oxidation sites excluding steroid dienone is 1. The summed E-state index contributed by atoms with van der Waals surface area (Å²) in [6.45, 7) is 5.90. The lowest BCUT2D eigenvalue weighted by molar-refractivity contribution is 0.412. The summed E-state index contributed by atoms with van der Waals surface area (Å²) in [5.74, 6) is 0. The van der Waals surface area contributed by atoms with E-state index in [2.05, 4.69) is 34.3 Å². The van der Waals surface area contributed by atoms with Gasteiger partial charge in [0.1, 0.15) is 0 Å². The molecular weight excluding hydrogens is 332 g/mol. The van der Waals surface area contributed by atoms with Gasteiger partial charge in [0.25, 0.3) is 5.19 Å². The predicted octanol–water partition coefficient (Wildman–Crippen LogP) is 1.65. The van der Waals surface area contributed by atoms with Crippen LogP contribution in [0.2, 0.25) is 0 Å². The van der Waals surface area contributed by atoms with E-state index in [0.717, 1.165) is 52.5 Å². The molecule has 3 rings (SSSR count). The molecule has 0 bridgehead atoms. The molecule has 0 amide bonds. The van der Waals surface area contributed by atoms with Gasteiger partial charge >= 0.3 is 0 Å². The van der Waals surface area contributed by atoms with Crippen LogP contribution >= 0.6 is 11.3 Å². The van der Waals surface area contributed by atoms with E-state index in [1.54, 1.807) is 19.4 Å². The van der Waals surface area contributed by atoms with Gasteiger partial charge in [-0.05, 0) is 48.8 Å². The maximum Gasteiger partial charge on any atom is 0.273 e. The SMILES string of the molecule is C=C/C=c1/cc(-c2cnc(OC)s2)cc(NC2CCNCC2)/c1=C/N. The molecule has 0 atom stereocenters. The molecule has 1 saturated heterocycles. The van der Waals surface area contributed by atoms with Crippen LogP contribution in [-0.4, -0.2) is 31.2 Å². The number of methoxy groups -OCH3 is 1. The molecule has 0 unspecified atom stereocenters. The molecule has 4 N–H and O–H groups in total. The number of aromatic nitrogens is 1. The Hall–Kier alpha value is -2.31. The van der Waals surface area contributed by atoms with Crippen molar-refractivity contribution in [2.75, 3.05) is 25.5 Å². The van der Waals surface area contributed by atoms with E-state index < -0.39 is 0 Å². The van der Waals surface area contributed by atoms with Gasteiger partial charge in [-0.25, -0.2) is 4.98 Å². The summed E-state index contributed by atoms with van der Waals surface area (Å²) >= 11 is 1.53. The van der Waals surface area contributed by atoms with Crippen molar-refractivity contribution >= 4 is 29.3 Å². The summed E-state index contributed by atoms with van der Waals surface area (Å²) in [7, 11) is 1.64. The maximum absolute atomic E-state index is 5.94. The number of rotatable bonds is 5. The molecule has 1 aromatic heterocycles. The number of benzene rings is 1. The second-order valence-electron chi connectivity index (χ2n) is 5.96. The number of nitrogens with one attached hydrogen (secondary N) is 2. The fourth-order valence-electron chi connectivity index (χ4n) is 3.06. The Balaban J connectivity index is 2.07. The largest absolute Gasteiger partial charge is 0.473 e. The monoisotopic (exact) mass is 356 g/mol. The second kappa shape index (κ2) is 8.18. The highest BCUT2D eigenvalue weighted by Crippen LogP contribution is 2.30. The first-order valence-electron chi connectivity index (χ1n) is 8.41. The van der Waals surface area contributed by atoms with Crippen molar-refractivity contribution in [3.63, 3.8) is 0 Å². The minimum Gasteiger partial charge on any atom is -0.473 e. The third kappa shape index (κ3) is 4.03. The average molecular weight is 356 g/mol. The number of hydrogen-bond donors (Lipinski definition) is 3. The summed E-state index contributed by atoms with van der Waals surface area (Å²) < 4.78 is 5.23. The zero-order valence-electron chi connectivity index (χ0n) is 14.4. The van der Waals surface area contributed by atoms with Gasteiger partial charge < -0.3 is 21.1 Å². The molecule has 2 aromatic rings. The average Bonchev–Trinajstić information content (AvgIpc) is 3.12. The van der Waals surface area contributed by atoms with Crippen molar-refractivity contribution in [2.24, 2.45) is 5.73 Å². The molecular formula is C19H24N4OS. The Morgan fingerprint density at radius 1 is 1.40 bits per heavy atom. The van der Waals surface area contributed by atoms with E-state index in [1.165, 1.54) is 11.3 Å². The van der Waals surface area contributed by atoms with Gasteiger partial charge in [-0.1, -0.05) is 30.1 Å².